The van der Waals surface area contributed by atoms with Crippen molar-refractivity contribution in [2.24, 2.45) is 0 Å². The fraction of sp³-hybridized carbons (Fsp3) is 1.00. The number of aliphatic hydroxyl groups excluding tert-OH is 1. The number of hydrogen-bond donors (Lipinski definition) is 1. The second-order valence-electron chi connectivity index (χ2n) is 1.55. The van der Waals surface area contributed by atoms with Crippen LogP contribution in [0.15, 0.2) is 0 Å². The van der Waals surface area contributed by atoms with Crippen LogP contribution in [0.5, 0.6) is 0 Å². The zero-order valence-electron chi connectivity index (χ0n) is 7.65. The summed E-state index contributed by atoms with van der Waals surface area (Å²) >= 11 is 9.96. The van der Waals surface area contributed by atoms with E-state index >= 15 is 0 Å². The monoisotopic (exact) mass is 368 g/mol. The third-order valence-corrected chi connectivity index (χ3v) is 2.21. The van der Waals surface area contributed by atoms with E-state index in [0.717, 1.165) is 0 Å². The molecule has 0 heterocycles. The van der Waals surface area contributed by atoms with Crippen LogP contribution in [-0.4, -0.2) is 92.0 Å². The van der Waals surface area contributed by atoms with Crippen molar-refractivity contribution < 1.29 is 38.1 Å². The SMILES string of the molecule is O=P([O-])([O-])OP(=O)([O-])[O-].OCC(Cl)Cl.[Ca+2].[Ca+2]. The first-order valence-corrected chi connectivity index (χ1v) is 6.42. The van der Waals surface area contributed by atoms with Gasteiger partial charge in [-0.1, -0.05) is 0 Å². The van der Waals surface area contributed by atoms with Crippen molar-refractivity contribution >= 4 is 114 Å². The Morgan fingerprint density at radius 3 is 1.25 bits per heavy atom. The molecule has 0 amide bonds. The quantitative estimate of drug-likeness (QED) is 0.308. The second-order valence-corrected chi connectivity index (χ2v) is 5.27. The summed E-state index contributed by atoms with van der Waals surface area (Å²) in [6, 6.07) is 0. The predicted octanol–water partition coefficient (Wildman–Crippen LogP) is -3.32. The Balaban J connectivity index is -0.0000000904. The summed E-state index contributed by atoms with van der Waals surface area (Å²) < 4.78 is 21.2. The van der Waals surface area contributed by atoms with Crippen molar-refractivity contribution in [2.45, 2.75) is 4.84 Å². The van der Waals surface area contributed by atoms with E-state index in [2.05, 4.69) is 4.31 Å². The van der Waals surface area contributed by atoms with E-state index in [4.69, 9.17) is 28.3 Å². The number of alkyl halides is 2. The molecule has 8 nitrogen and oxygen atoms in total. The molecule has 0 saturated heterocycles. The maximum absolute atomic E-state index is 9.32. The van der Waals surface area contributed by atoms with Gasteiger partial charge in [0.25, 0.3) is 0 Å². The molecule has 0 aliphatic rings. The van der Waals surface area contributed by atoms with Crippen molar-refractivity contribution in [1.29, 1.82) is 0 Å². The van der Waals surface area contributed by atoms with Crippen LogP contribution in [0, 0.1) is 0 Å². The molecular formula is C2H4Ca2Cl2O8P2. The third-order valence-electron chi connectivity index (χ3n) is 0.338. The first kappa shape index (κ1) is 27.6. The van der Waals surface area contributed by atoms with Crippen LogP contribution in [0.1, 0.15) is 0 Å². The van der Waals surface area contributed by atoms with Crippen LogP contribution in [-0.2, 0) is 13.4 Å². The zero-order valence-corrected chi connectivity index (χ0v) is 15.4. The van der Waals surface area contributed by atoms with Gasteiger partial charge in [-0.15, -0.1) is 23.2 Å². The Kier molecular flexibility index (Phi) is 23.0. The number of hydrogen-bond acceptors (Lipinski definition) is 8. The predicted molar refractivity (Wildman–Crippen MR) is 50.4 cm³/mol. The minimum atomic E-state index is -5.68. The summed E-state index contributed by atoms with van der Waals surface area (Å²) in [5.41, 5.74) is 0. The summed E-state index contributed by atoms with van der Waals surface area (Å²) in [5, 5.41) is 7.88. The maximum Gasteiger partial charge on any atom is 2.00 e. The molecule has 0 aromatic rings. The van der Waals surface area contributed by atoms with Gasteiger partial charge >= 0.3 is 75.5 Å². The average Bonchev–Trinajstić information content (AvgIpc) is 1.80. The van der Waals surface area contributed by atoms with Crippen LogP contribution in [0.2, 0.25) is 0 Å². The van der Waals surface area contributed by atoms with E-state index in [1.807, 2.05) is 0 Å². The van der Waals surface area contributed by atoms with Crippen LogP contribution in [0.3, 0.4) is 0 Å². The number of aliphatic hydroxyl groups is 1. The maximum atomic E-state index is 9.32. The fourth-order valence-electron chi connectivity index (χ4n) is 0.122. The molecule has 16 heavy (non-hydrogen) atoms. The van der Waals surface area contributed by atoms with Crippen molar-refractivity contribution in [3.63, 3.8) is 0 Å². The topological polar surface area (TPSA) is 156 Å². The molecule has 0 unspecified atom stereocenters. The van der Waals surface area contributed by atoms with Gasteiger partial charge in [0.2, 0.25) is 0 Å². The van der Waals surface area contributed by atoms with Crippen molar-refractivity contribution in [3.8, 4) is 0 Å². The van der Waals surface area contributed by atoms with E-state index < -0.39 is 20.5 Å². The summed E-state index contributed by atoms with van der Waals surface area (Å²) in [4.78, 5) is 36.7. The van der Waals surface area contributed by atoms with Crippen LogP contribution >= 0.6 is 38.8 Å². The van der Waals surface area contributed by atoms with Gasteiger partial charge in [0.1, 0.15) is 4.84 Å². The summed E-state index contributed by atoms with van der Waals surface area (Å²) in [6.07, 6.45) is 0. The molecule has 88 valence electrons. The average molecular weight is 369 g/mol. The largest absolute Gasteiger partial charge is 2.00 e. The second kappa shape index (κ2) is 13.3. The summed E-state index contributed by atoms with van der Waals surface area (Å²) in [6.45, 7) is -0.164. The molecule has 0 bridgehead atoms. The normalized spacial score (nSPS) is 10.8. The molecule has 0 aliphatic carbocycles. The van der Waals surface area contributed by atoms with E-state index in [0.29, 0.717) is 0 Å². The van der Waals surface area contributed by atoms with Crippen LogP contribution < -0.4 is 19.6 Å². The smallest absolute Gasteiger partial charge is 0.790 e. The summed E-state index contributed by atoms with van der Waals surface area (Å²) in [5.74, 6) is 0. The Morgan fingerprint density at radius 1 is 1.06 bits per heavy atom. The minimum Gasteiger partial charge on any atom is -0.790 e. The standard InChI is InChI=1S/C2H4Cl2O.2Ca.H4O7P2/c3-2(4)1-5;;;1-8(2,3)7-9(4,5)6/h2,5H,1H2;;;(H2,1,2,3)(H2,4,5,6)/q;2*+2;/p-4. The molecule has 0 aromatic heterocycles. The van der Waals surface area contributed by atoms with Gasteiger partial charge in [0.05, 0.1) is 22.3 Å². The van der Waals surface area contributed by atoms with Gasteiger partial charge in [-0.3, -0.25) is 0 Å². The number of halogens is 2. The van der Waals surface area contributed by atoms with Gasteiger partial charge in [-0.2, -0.15) is 0 Å². The molecule has 0 radical (unpaired) electrons. The Bertz CT molecular complexity index is 218. The van der Waals surface area contributed by atoms with Gasteiger partial charge in [-0.25, -0.2) is 0 Å². The fourth-order valence-corrected chi connectivity index (χ4v) is 1.10. The van der Waals surface area contributed by atoms with Crippen LogP contribution in [0.4, 0.5) is 0 Å². The molecule has 0 aliphatic heterocycles. The zero-order chi connectivity index (χ0) is 12.0. The van der Waals surface area contributed by atoms with Crippen LogP contribution in [0.25, 0.3) is 0 Å². The van der Waals surface area contributed by atoms with E-state index in [1.54, 1.807) is 0 Å². The molecule has 0 saturated carbocycles. The van der Waals surface area contributed by atoms with Gasteiger partial charge in [-0.05, 0) is 0 Å². The third kappa shape index (κ3) is 36.0. The molecule has 14 heteroatoms. The summed E-state index contributed by atoms with van der Waals surface area (Å²) in [7, 11) is -11.4. The minimum absolute atomic E-state index is 0. The molecular weight excluding hydrogens is 365 g/mol. The van der Waals surface area contributed by atoms with Gasteiger partial charge in [0, 0.05) is 0 Å². The molecule has 0 rings (SSSR count). The van der Waals surface area contributed by atoms with E-state index in [-0.39, 0.29) is 82.1 Å². The van der Waals surface area contributed by atoms with Crippen molar-refractivity contribution in [3.05, 3.63) is 0 Å². The number of rotatable bonds is 3. The van der Waals surface area contributed by atoms with E-state index in [9.17, 15) is 28.7 Å². The van der Waals surface area contributed by atoms with E-state index in [1.165, 1.54) is 0 Å². The van der Waals surface area contributed by atoms with Crippen molar-refractivity contribution in [1.82, 2.24) is 0 Å². The molecule has 0 spiro atoms. The van der Waals surface area contributed by atoms with Crippen molar-refractivity contribution in [2.75, 3.05) is 6.61 Å². The van der Waals surface area contributed by atoms with Gasteiger partial charge in [0.15, 0.2) is 0 Å². The first-order chi connectivity index (χ1) is 5.98. The number of phosphoric acid groups is 2. The molecule has 0 atom stereocenters. The Labute approximate surface area is 161 Å². The molecule has 1 N–H and O–H groups in total. The molecule has 0 fully saturated rings. The molecule has 0 aromatic carbocycles. The Morgan fingerprint density at radius 2 is 1.25 bits per heavy atom. The Hall–Kier alpha value is 3.32. The van der Waals surface area contributed by atoms with Gasteiger partial charge < -0.3 is 38.1 Å². The first-order valence-electron chi connectivity index (χ1n) is 2.62.